The summed E-state index contributed by atoms with van der Waals surface area (Å²) in [5, 5.41) is 0.666. The van der Waals surface area contributed by atoms with Crippen LogP contribution in [0.1, 0.15) is 11.4 Å². The third-order valence-electron chi connectivity index (χ3n) is 3.16. The average molecular weight is 370 g/mol. The van der Waals surface area contributed by atoms with Crippen molar-refractivity contribution in [2.24, 2.45) is 0 Å². The van der Waals surface area contributed by atoms with Crippen molar-refractivity contribution < 1.29 is 0 Å². The van der Waals surface area contributed by atoms with Gasteiger partial charge in [-0.1, -0.05) is 23.7 Å². The fourth-order valence-corrected chi connectivity index (χ4v) is 3.38. The maximum absolute atomic E-state index is 6.35. The molecular weight excluding hydrogens is 359 g/mol. The summed E-state index contributed by atoms with van der Waals surface area (Å²) in [4.78, 5) is 4.56. The molecule has 0 saturated heterocycles. The molecule has 0 fully saturated rings. The quantitative estimate of drug-likeness (QED) is 0.546. The summed E-state index contributed by atoms with van der Waals surface area (Å²) < 4.78 is 3.00. The van der Waals surface area contributed by atoms with Crippen LogP contribution >= 0.6 is 39.1 Å². The molecule has 20 heavy (non-hydrogen) atoms. The fourth-order valence-electron chi connectivity index (χ4n) is 2.28. The maximum Gasteiger partial charge on any atom is 0.129 e. The average Bonchev–Trinajstić information content (AvgIpc) is 2.79. The van der Waals surface area contributed by atoms with Crippen LogP contribution in [0.4, 0.5) is 0 Å². The van der Waals surface area contributed by atoms with Gasteiger partial charge in [-0.05, 0) is 52.7 Å². The number of aryl methyl sites for hydroxylation is 1. The van der Waals surface area contributed by atoms with Crippen LogP contribution in [0.25, 0.3) is 16.7 Å². The first kappa shape index (κ1) is 13.9. The summed E-state index contributed by atoms with van der Waals surface area (Å²) in [7, 11) is 0. The Hall–Kier alpha value is -1.03. The van der Waals surface area contributed by atoms with E-state index in [2.05, 4.69) is 40.0 Å². The zero-order valence-corrected chi connectivity index (χ0v) is 13.8. The van der Waals surface area contributed by atoms with Gasteiger partial charge in [0.1, 0.15) is 5.82 Å². The molecule has 0 atom stereocenters. The zero-order valence-electron chi connectivity index (χ0n) is 10.7. The van der Waals surface area contributed by atoms with E-state index >= 15 is 0 Å². The van der Waals surface area contributed by atoms with Gasteiger partial charge in [-0.15, -0.1) is 11.6 Å². The van der Waals surface area contributed by atoms with E-state index < -0.39 is 0 Å². The Kier molecular flexibility index (Phi) is 3.76. The number of hydrogen-bond acceptors (Lipinski definition) is 1. The highest BCUT2D eigenvalue weighted by Gasteiger charge is 2.16. The smallest absolute Gasteiger partial charge is 0.129 e. The minimum atomic E-state index is 0.325. The third-order valence-corrected chi connectivity index (χ3v) is 4.34. The van der Waals surface area contributed by atoms with Crippen LogP contribution in [0.5, 0.6) is 0 Å². The molecule has 1 heterocycles. The molecule has 3 aromatic rings. The minimum absolute atomic E-state index is 0.325. The van der Waals surface area contributed by atoms with Gasteiger partial charge in [0.15, 0.2) is 0 Å². The molecule has 0 saturated carbocycles. The standard InChI is InChI=1S/C15H11BrCl2N2/c1-9-5-6-13(10(16)7-9)20-14(8-17)19-12-4-2-3-11(18)15(12)20/h2-7H,8H2,1H3. The number of rotatable bonds is 2. The Labute approximate surface area is 135 Å². The highest BCUT2D eigenvalue weighted by atomic mass is 79.9. The second-order valence-electron chi connectivity index (χ2n) is 4.56. The molecule has 1 aromatic heterocycles. The van der Waals surface area contributed by atoms with Crippen LogP contribution in [-0.2, 0) is 5.88 Å². The van der Waals surface area contributed by atoms with Crippen molar-refractivity contribution in [1.29, 1.82) is 0 Å². The van der Waals surface area contributed by atoms with Gasteiger partial charge in [-0.2, -0.15) is 0 Å². The normalized spacial score (nSPS) is 11.2. The molecule has 0 N–H and O–H groups in total. The molecule has 0 aliphatic heterocycles. The van der Waals surface area contributed by atoms with Gasteiger partial charge in [0.25, 0.3) is 0 Å². The van der Waals surface area contributed by atoms with Crippen molar-refractivity contribution >= 4 is 50.2 Å². The molecule has 0 unspecified atom stereocenters. The third kappa shape index (κ3) is 2.24. The van der Waals surface area contributed by atoms with E-state index in [1.165, 1.54) is 5.56 Å². The number of nitrogens with zero attached hydrogens (tertiary/aromatic N) is 2. The van der Waals surface area contributed by atoms with Crippen LogP contribution < -0.4 is 0 Å². The van der Waals surface area contributed by atoms with Gasteiger partial charge in [0.05, 0.1) is 27.6 Å². The number of benzene rings is 2. The van der Waals surface area contributed by atoms with Gasteiger partial charge in [0, 0.05) is 4.47 Å². The molecule has 0 aliphatic carbocycles. The monoisotopic (exact) mass is 368 g/mol. The lowest BCUT2D eigenvalue weighted by Gasteiger charge is -2.11. The Morgan fingerprint density at radius 1 is 1.25 bits per heavy atom. The lowest BCUT2D eigenvalue weighted by molar-refractivity contribution is 0.976. The van der Waals surface area contributed by atoms with E-state index in [9.17, 15) is 0 Å². The number of imidazole rings is 1. The van der Waals surface area contributed by atoms with Crippen LogP contribution in [0, 0.1) is 6.92 Å². The van der Waals surface area contributed by atoms with Crippen molar-refractivity contribution in [1.82, 2.24) is 9.55 Å². The minimum Gasteiger partial charge on any atom is -0.293 e. The number of fused-ring (bicyclic) bond motifs is 1. The highest BCUT2D eigenvalue weighted by molar-refractivity contribution is 9.10. The fraction of sp³-hybridized carbons (Fsp3) is 0.133. The molecule has 0 aliphatic rings. The number of halogens is 3. The predicted molar refractivity (Wildman–Crippen MR) is 88.1 cm³/mol. The first-order valence-corrected chi connectivity index (χ1v) is 7.80. The van der Waals surface area contributed by atoms with Crippen LogP contribution in [0.15, 0.2) is 40.9 Å². The van der Waals surface area contributed by atoms with E-state index in [0.29, 0.717) is 10.9 Å². The molecule has 102 valence electrons. The number of aromatic nitrogens is 2. The van der Waals surface area contributed by atoms with Crippen LogP contribution in [0.2, 0.25) is 5.02 Å². The van der Waals surface area contributed by atoms with Crippen molar-refractivity contribution in [3.05, 3.63) is 57.3 Å². The van der Waals surface area contributed by atoms with E-state index in [0.717, 1.165) is 27.0 Å². The number of hydrogen-bond donors (Lipinski definition) is 0. The van der Waals surface area contributed by atoms with Gasteiger partial charge in [0.2, 0.25) is 0 Å². The summed E-state index contributed by atoms with van der Waals surface area (Å²) in [5.41, 5.74) is 3.90. The second kappa shape index (κ2) is 5.40. The van der Waals surface area contributed by atoms with Crippen molar-refractivity contribution in [2.75, 3.05) is 0 Å². The van der Waals surface area contributed by atoms with E-state index in [1.807, 2.05) is 28.8 Å². The predicted octanol–water partition coefficient (Wildman–Crippen LogP) is 5.49. The van der Waals surface area contributed by atoms with E-state index in [4.69, 9.17) is 23.2 Å². The Morgan fingerprint density at radius 2 is 2.05 bits per heavy atom. The molecule has 3 rings (SSSR count). The summed E-state index contributed by atoms with van der Waals surface area (Å²) in [5.74, 6) is 1.10. The van der Waals surface area contributed by atoms with Gasteiger partial charge < -0.3 is 0 Å². The Morgan fingerprint density at radius 3 is 2.75 bits per heavy atom. The van der Waals surface area contributed by atoms with Gasteiger partial charge in [-0.25, -0.2) is 4.98 Å². The number of para-hydroxylation sites is 1. The topological polar surface area (TPSA) is 17.8 Å². The summed E-state index contributed by atoms with van der Waals surface area (Å²) in [6.07, 6.45) is 0. The summed E-state index contributed by atoms with van der Waals surface area (Å²) >= 11 is 16.0. The molecule has 0 bridgehead atoms. The van der Waals surface area contributed by atoms with E-state index in [-0.39, 0.29) is 0 Å². The molecule has 0 amide bonds. The van der Waals surface area contributed by atoms with Crippen molar-refractivity contribution in [2.45, 2.75) is 12.8 Å². The second-order valence-corrected chi connectivity index (χ2v) is 6.09. The Balaban J connectivity index is 2.39. The molecular formula is C15H11BrCl2N2. The molecule has 0 spiro atoms. The lowest BCUT2D eigenvalue weighted by atomic mass is 10.2. The summed E-state index contributed by atoms with van der Waals surface area (Å²) in [6.45, 7) is 2.05. The van der Waals surface area contributed by atoms with Gasteiger partial charge >= 0.3 is 0 Å². The first-order valence-electron chi connectivity index (χ1n) is 6.10. The zero-order chi connectivity index (χ0) is 14.3. The van der Waals surface area contributed by atoms with Crippen LogP contribution in [0.3, 0.4) is 0 Å². The van der Waals surface area contributed by atoms with Crippen molar-refractivity contribution in [3.63, 3.8) is 0 Å². The molecule has 2 nitrogen and oxygen atoms in total. The Bertz CT molecular complexity index is 796. The van der Waals surface area contributed by atoms with Gasteiger partial charge in [-0.3, -0.25) is 4.57 Å². The highest BCUT2D eigenvalue weighted by Crippen LogP contribution is 2.32. The molecule has 0 radical (unpaired) electrons. The lowest BCUT2D eigenvalue weighted by Crippen LogP contribution is -2.00. The first-order chi connectivity index (χ1) is 9.61. The number of alkyl halides is 1. The molecule has 5 heteroatoms. The van der Waals surface area contributed by atoms with Crippen LogP contribution in [-0.4, -0.2) is 9.55 Å². The van der Waals surface area contributed by atoms with E-state index in [1.54, 1.807) is 0 Å². The largest absolute Gasteiger partial charge is 0.293 e. The van der Waals surface area contributed by atoms with Crippen molar-refractivity contribution in [3.8, 4) is 5.69 Å². The maximum atomic E-state index is 6.35. The molecule has 2 aromatic carbocycles. The SMILES string of the molecule is Cc1ccc(-n2c(CCl)nc3cccc(Cl)c32)c(Br)c1. The summed E-state index contributed by atoms with van der Waals surface area (Å²) in [6, 6.07) is 11.9.